The fourth-order valence-electron chi connectivity index (χ4n) is 8.19. The van der Waals surface area contributed by atoms with E-state index in [1.165, 1.54) is 17.6 Å². The van der Waals surface area contributed by atoms with Crippen LogP contribution in [-0.2, 0) is 11.3 Å². The quantitative estimate of drug-likeness (QED) is 0.830. The summed E-state index contributed by atoms with van der Waals surface area (Å²) in [7, 11) is 0. The number of aromatic nitrogens is 3. The molecule has 1 aromatic rings. The highest BCUT2D eigenvalue weighted by Crippen LogP contribution is 2.64. The number of aliphatic hydroxyl groups is 1. The Balaban J connectivity index is 1.31. The van der Waals surface area contributed by atoms with Crippen LogP contribution in [0.25, 0.3) is 0 Å². The maximum Gasteiger partial charge on any atom is 0.159 e. The molecule has 4 aliphatic rings. The first kappa shape index (κ1) is 19.7. The molecule has 0 saturated heterocycles. The smallest absolute Gasteiger partial charge is 0.159 e. The predicted octanol–water partition coefficient (Wildman–Crippen LogP) is 3.82. The van der Waals surface area contributed by atoms with Crippen molar-refractivity contribution >= 4 is 5.78 Å². The van der Waals surface area contributed by atoms with Gasteiger partial charge in [-0.15, -0.1) is 0 Å². The Labute approximate surface area is 172 Å². The van der Waals surface area contributed by atoms with Crippen LogP contribution in [0.4, 0.5) is 4.39 Å². The van der Waals surface area contributed by atoms with Gasteiger partial charge in [-0.1, -0.05) is 6.92 Å². The molecule has 0 spiro atoms. The number of ketones is 1. The molecule has 0 amide bonds. The van der Waals surface area contributed by atoms with Crippen molar-refractivity contribution in [2.24, 2.45) is 40.9 Å². The van der Waals surface area contributed by atoms with E-state index in [0.29, 0.717) is 54.8 Å². The van der Waals surface area contributed by atoms with Crippen LogP contribution in [0, 0.1) is 40.9 Å². The maximum absolute atomic E-state index is 13.3. The van der Waals surface area contributed by atoms with Crippen molar-refractivity contribution in [3.63, 3.8) is 0 Å². The standard InChI is InChI=1S/C23H34FN3O2/c1-22-8-6-17-16-7-9-23(29,14-24)12-15(16)2-3-18(17)19(22)4-5-20(22)21(28)13-27-25-10-11-26-27/h10-11,15-20,29H,2-9,12-14H2,1H3/t15-,16-,17+,18+,19-,20+,22-,23-/m0/s1. The Hall–Kier alpha value is -1.30. The molecule has 5 nitrogen and oxygen atoms in total. The van der Waals surface area contributed by atoms with Gasteiger partial charge in [0, 0.05) is 5.92 Å². The molecule has 4 aliphatic carbocycles. The molecule has 1 aromatic heterocycles. The van der Waals surface area contributed by atoms with Crippen LogP contribution in [0.2, 0.25) is 0 Å². The first-order chi connectivity index (χ1) is 13.9. The van der Waals surface area contributed by atoms with Crippen LogP contribution in [-0.4, -0.2) is 38.2 Å². The zero-order valence-corrected chi connectivity index (χ0v) is 17.5. The second-order valence-electron chi connectivity index (χ2n) is 10.7. The van der Waals surface area contributed by atoms with Gasteiger partial charge in [0.2, 0.25) is 0 Å². The van der Waals surface area contributed by atoms with E-state index in [2.05, 4.69) is 17.1 Å². The fraction of sp³-hybridized carbons (Fsp3) is 0.870. The Kier molecular flexibility index (Phi) is 4.84. The summed E-state index contributed by atoms with van der Waals surface area (Å²) in [5.41, 5.74) is -0.963. The van der Waals surface area contributed by atoms with Crippen LogP contribution in [0.15, 0.2) is 12.4 Å². The molecule has 5 rings (SSSR count). The zero-order chi connectivity index (χ0) is 20.2. The molecule has 6 heteroatoms. The first-order valence-corrected chi connectivity index (χ1v) is 11.6. The number of hydrogen-bond acceptors (Lipinski definition) is 4. The van der Waals surface area contributed by atoms with Crippen molar-refractivity contribution in [1.29, 1.82) is 0 Å². The minimum Gasteiger partial charge on any atom is -0.387 e. The number of carbonyl (C=O) groups excluding carboxylic acids is 1. The highest BCUT2D eigenvalue weighted by molar-refractivity contribution is 5.81. The lowest BCUT2D eigenvalue weighted by Gasteiger charge is -2.56. The van der Waals surface area contributed by atoms with E-state index in [1.807, 2.05) is 0 Å². The van der Waals surface area contributed by atoms with E-state index in [-0.39, 0.29) is 11.3 Å². The summed E-state index contributed by atoms with van der Waals surface area (Å²) < 4.78 is 13.3. The summed E-state index contributed by atoms with van der Waals surface area (Å²) in [6, 6.07) is 0. The van der Waals surface area contributed by atoms with Crippen LogP contribution in [0.5, 0.6) is 0 Å². The highest BCUT2D eigenvalue weighted by atomic mass is 19.1. The van der Waals surface area contributed by atoms with Gasteiger partial charge >= 0.3 is 0 Å². The van der Waals surface area contributed by atoms with Gasteiger partial charge in [-0.3, -0.25) is 4.79 Å². The fourth-order valence-corrected chi connectivity index (χ4v) is 8.19. The van der Waals surface area contributed by atoms with Crippen molar-refractivity contribution in [3.05, 3.63) is 12.4 Å². The summed E-state index contributed by atoms with van der Waals surface area (Å²) in [5, 5.41) is 18.7. The molecule has 0 radical (unpaired) electrons. The summed E-state index contributed by atoms with van der Waals surface area (Å²) in [6.07, 6.45) is 12.3. The number of alkyl halides is 1. The lowest BCUT2D eigenvalue weighted by molar-refractivity contribution is -0.134. The molecule has 1 N–H and O–H groups in total. The van der Waals surface area contributed by atoms with Crippen LogP contribution in [0.3, 0.4) is 0 Å². The van der Waals surface area contributed by atoms with Crippen LogP contribution < -0.4 is 0 Å². The molecular weight excluding hydrogens is 369 g/mol. The number of carbonyl (C=O) groups is 1. The molecule has 0 bridgehead atoms. The molecule has 0 aromatic carbocycles. The Morgan fingerprint density at radius 3 is 2.59 bits per heavy atom. The Bertz CT molecular complexity index is 755. The summed E-state index contributed by atoms with van der Waals surface area (Å²) in [4.78, 5) is 14.6. The van der Waals surface area contributed by atoms with E-state index >= 15 is 0 Å². The van der Waals surface area contributed by atoms with Gasteiger partial charge in [0.05, 0.1) is 18.0 Å². The van der Waals surface area contributed by atoms with Gasteiger partial charge in [0.25, 0.3) is 0 Å². The van der Waals surface area contributed by atoms with Gasteiger partial charge in [-0.05, 0) is 92.8 Å². The minimum absolute atomic E-state index is 0.104. The molecule has 0 unspecified atom stereocenters. The molecule has 29 heavy (non-hydrogen) atoms. The highest BCUT2D eigenvalue weighted by Gasteiger charge is 2.59. The summed E-state index contributed by atoms with van der Waals surface area (Å²) >= 11 is 0. The van der Waals surface area contributed by atoms with Gasteiger partial charge in [0.1, 0.15) is 13.2 Å². The van der Waals surface area contributed by atoms with E-state index in [4.69, 9.17) is 0 Å². The lowest BCUT2D eigenvalue weighted by atomic mass is 9.49. The number of rotatable bonds is 4. The van der Waals surface area contributed by atoms with E-state index < -0.39 is 12.3 Å². The number of Topliss-reactive ketones (excluding diaryl/α,β-unsaturated/α-hetero) is 1. The molecule has 4 fully saturated rings. The van der Waals surface area contributed by atoms with Crippen LogP contribution >= 0.6 is 0 Å². The van der Waals surface area contributed by atoms with Crippen LogP contribution in [0.1, 0.15) is 64.7 Å². The second-order valence-corrected chi connectivity index (χ2v) is 10.7. The minimum atomic E-state index is -1.07. The van der Waals surface area contributed by atoms with Gasteiger partial charge in [-0.2, -0.15) is 15.0 Å². The van der Waals surface area contributed by atoms with Gasteiger partial charge < -0.3 is 5.11 Å². The van der Waals surface area contributed by atoms with Gasteiger partial charge in [0.15, 0.2) is 5.78 Å². The average molecular weight is 404 g/mol. The molecule has 4 saturated carbocycles. The van der Waals surface area contributed by atoms with E-state index in [9.17, 15) is 14.3 Å². The third kappa shape index (κ3) is 3.17. The normalized spacial score (nSPS) is 46.6. The number of halogens is 1. The Morgan fingerprint density at radius 1 is 1.07 bits per heavy atom. The van der Waals surface area contributed by atoms with Gasteiger partial charge in [-0.25, -0.2) is 4.39 Å². The molecule has 160 valence electrons. The van der Waals surface area contributed by atoms with Crippen molar-refractivity contribution in [1.82, 2.24) is 15.0 Å². The summed E-state index contributed by atoms with van der Waals surface area (Å²) in [6.45, 7) is 2.06. The topological polar surface area (TPSA) is 68.0 Å². The third-order valence-electron chi connectivity index (χ3n) is 9.51. The van der Waals surface area contributed by atoms with Crippen molar-refractivity contribution in [2.45, 2.75) is 76.9 Å². The number of hydrogen-bond donors (Lipinski definition) is 1. The zero-order valence-electron chi connectivity index (χ0n) is 17.5. The number of fused-ring (bicyclic) bond motifs is 5. The lowest BCUT2D eigenvalue weighted by Crippen LogP contribution is -2.52. The predicted molar refractivity (Wildman–Crippen MR) is 107 cm³/mol. The van der Waals surface area contributed by atoms with Crippen molar-refractivity contribution in [3.8, 4) is 0 Å². The SMILES string of the molecule is C[C@]12CC[C@H]3[C@@H](CC[C@H]4C[C@](O)(CF)CC[C@@H]43)[C@@H]1CC[C@@H]2C(=O)Cn1nccn1. The van der Waals surface area contributed by atoms with Crippen molar-refractivity contribution < 1.29 is 14.3 Å². The maximum atomic E-state index is 13.3. The Morgan fingerprint density at radius 2 is 1.83 bits per heavy atom. The molecular formula is C23H34FN3O2. The number of nitrogens with zero attached hydrogens (tertiary/aromatic N) is 3. The molecule has 1 heterocycles. The third-order valence-corrected chi connectivity index (χ3v) is 9.51. The van der Waals surface area contributed by atoms with Crippen molar-refractivity contribution in [2.75, 3.05) is 6.67 Å². The largest absolute Gasteiger partial charge is 0.387 e. The first-order valence-electron chi connectivity index (χ1n) is 11.6. The average Bonchev–Trinajstić information content (AvgIpc) is 3.34. The molecule has 8 atom stereocenters. The molecule has 0 aliphatic heterocycles. The monoisotopic (exact) mass is 403 g/mol. The van der Waals surface area contributed by atoms with E-state index in [0.717, 1.165) is 32.1 Å². The second kappa shape index (κ2) is 7.14. The summed E-state index contributed by atoms with van der Waals surface area (Å²) in [5.74, 6) is 3.59. The van der Waals surface area contributed by atoms with E-state index in [1.54, 1.807) is 12.4 Å².